The van der Waals surface area contributed by atoms with Crippen molar-refractivity contribution >= 4 is 16.8 Å². The van der Waals surface area contributed by atoms with E-state index in [4.69, 9.17) is 4.74 Å². The minimum absolute atomic E-state index is 0.0898. The fraction of sp³-hybridized carbons (Fsp3) is 0.167. The van der Waals surface area contributed by atoms with E-state index in [0.717, 1.165) is 27.9 Å². The van der Waals surface area contributed by atoms with Gasteiger partial charge in [-0.1, -0.05) is 6.07 Å². The molecule has 0 saturated carbocycles. The number of nitrogens with one attached hydrogen (secondary N) is 2. The summed E-state index contributed by atoms with van der Waals surface area (Å²) in [5.74, 6) is 0.651. The first-order valence-electron chi connectivity index (χ1n) is 7.16. The molecule has 4 heteroatoms. The Morgan fingerprint density at radius 3 is 2.64 bits per heavy atom. The van der Waals surface area contributed by atoms with Gasteiger partial charge in [-0.15, -0.1) is 0 Å². The van der Waals surface area contributed by atoms with Crippen molar-refractivity contribution in [2.24, 2.45) is 0 Å². The van der Waals surface area contributed by atoms with Crippen molar-refractivity contribution in [3.8, 4) is 5.75 Å². The van der Waals surface area contributed by atoms with Crippen molar-refractivity contribution in [2.45, 2.75) is 13.5 Å². The third kappa shape index (κ3) is 2.96. The molecule has 1 heterocycles. The molecule has 3 rings (SSSR count). The van der Waals surface area contributed by atoms with Crippen molar-refractivity contribution in [3.05, 3.63) is 65.4 Å². The fourth-order valence-electron chi connectivity index (χ4n) is 2.46. The van der Waals surface area contributed by atoms with Gasteiger partial charge in [0.15, 0.2) is 0 Å². The standard InChI is InChI=1S/C18H18N2O2/c1-12-9-15-10-13(3-8-17(15)20-12)11-19-18(21)14-4-6-16(22-2)7-5-14/h3-10,20H,11H2,1-2H3,(H,19,21). The van der Waals surface area contributed by atoms with Crippen LogP contribution in [-0.4, -0.2) is 18.0 Å². The quantitative estimate of drug-likeness (QED) is 0.774. The lowest BCUT2D eigenvalue weighted by Crippen LogP contribution is -2.22. The SMILES string of the molecule is COc1ccc(C(=O)NCc2ccc3[nH]c(C)cc3c2)cc1. The van der Waals surface area contributed by atoms with Crippen molar-refractivity contribution in [1.29, 1.82) is 0 Å². The van der Waals surface area contributed by atoms with Crippen LogP contribution in [-0.2, 0) is 6.54 Å². The molecule has 0 aliphatic heterocycles. The number of carbonyl (C=O) groups is 1. The monoisotopic (exact) mass is 294 g/mol. The largest absolute Gasteiger partial charge is 0.497 e. The molecule has 1 amide bonds. The van der Waals surface area contributed by atoms with Crippen LogP contribution in [0.1, 0.15) is 21.6 Å². The van der Waals surface area contributed by atoms with Gasteiger partial charge >= 0.3 is 0 Å². The zero-order valence-corrected chi connectivity index (χ0v) is 12.6. The van der Waals surface area contributed by atoms with E-state index in [2.05, 4.69) is 22.4 Å². The Bertz CT molecular complexity index is 804. The maximum Gasteiger partial charge on any atom is 0.251 e. The van der Waals surface area contributed by atoms with Gasteiger partial charge in [0, 0.05) is 23.3 Å². The molecule has 4 nitrogen and oxygen atoms in total. The van der Waals surface area contributed by atoms with Crippen LogP contribution in [0.15, 0.2) is 48.5 Å². The average Bonchev–Trinajstić information content (AvgIpc) is 2.92. The summed E-state index contributed by atoms with van der Waals surface area (Å²) in [6, 6.07) is 15.3. The molecule has 0 saturated heterocycles. The third-order valence-electron chi connectivity index (χ3n) is 3.63. The summed E-state index contributed by atoms with van der Waals surface area (Å²) in [5, 5.41) is 4.10. The molecule has 112 valence electrons. The Morgan fingerprint density at radius 1 is 1.14 bits per heavy atom. The molecule has 0 unspecified atom stereocenters. The lowest BCUT2D eigenvalue weighted by atomic mass is 10.1. The maximum atomic E-state index is 12.1. The van der Waals surface area contributed by atoms with Crippen LogP contribution in [0, 0.1) is 6.92 Å². The van der Waals surface area contributed by atoms with Crippen LogP contribution in [0.5, 0.6) is 5.75 Å². The van der Waals surface area contributed by atoms with Gasteiger partial charge in [0.25, 0.3) is 5.91 Å². The molecule has 2 N–H and O–H groups in total. The third-order valence-corrected chi connectivity index (χ3v) is 3.63. The van der Waals surface area contributed by atoms with Crippen molar-refractivity contribution < 1.29 is 9.53 Å². The van der Waals surface area contributed by atoms with Gasteiger partial charge in [-0.05, 0) is 60.3 Å². The van der Waals surface area contributed by atoms with E-state index in [1.807, 2.05) is 19.1 Å². The topological polar surface area (TPSA) is 54.1 Å². The number of aromatic amines is 1. The molecule has 0 atom stereocenters. The summed E-state index contributed by atoms with van der Waals surface area (Å²) in [4.78, 5) is 15.4. The zero-order valence-electron chi connectivity index (χ0n) is 12.6. The molecule has 0 radical (unpaired) electrons. The van der Waals surface area contributed by atoms with Crippen molar-refractivity contribution in [1.82, 2.24) is 10.3 Å². The highest BCUT2D eigenvalue weighted by Crippen LogP contribution is 2.17. The minimum Gasteiger partial charge on any atom is -0.497 e. The Balaban J connectivity index is 1.68. The summed E-state index contributed by atoms with van der Waals surface area (Å²) >= 11 is 0. The second kappa shape index (κ2) is 5.93. The summed E-state index contributed by atoms with van der Waals surface area (Å²) in [6.07, 6.45) is 0. The molecular weight excluding hydrogens is 276 g/mol. The summed E-state index contributed by atoms with van der Waals surface area (Å²) in [7, 11) is 1.61. The first-order chi connectivity index (χ1) is 10.7. The smallest absolute Gasteiger partial charge is 0.251 e. The Hall–Kier alpha value is -2.75. The Morgan fingerprint density at radius 2 is 1.91 bits per heavy atom. The molecule has 0 fully saturated rings. The molecule has 1 aromatic heterocycles. The number of ether oxygens (including phenoxy) is 1. The van der Waals surface area contributed by atoms with Gasteiger partial charge in [-0.3, -0.25) is 4.79 Å². The minimum atomic E-state index is -0.0898. The number of hydrogen-bond acceptors (Lipinski definition) is 2. The molecule has 0 bridgehead atoms. The van der Waals surface area contributed by atoms with Gasteiger partial charge in [0.2, 0.25) is 0 Å². The molecule has 0 aliphatic carbocycles. The summed E-state index contributed by atoms with van der Waals surface area (Å²) in [5.41, 5.74) is 3.95. The zero-order chi connectivity index (χ0) is 15.5. The van der Waals surface area contributed by atoms with Gasteiger partial charge in [0.05, 0.1) is 7.11 Å². The van der Waals surface area contributed by atoms with E-state index in [1.54, 1.807) is 31.4 Å². The highest BCUT2D eigenvalue weighted by Gasteiger charge is 2.06. The lowest BCUT2D eigenvalue weighted by Gasteiger charge is -2.06. The number of rotatable bonds is 4. The molecule has 2 aromatic carbocycles. The number of H-pyrrole nitrogens is 1. The molecule has 3 aromatic rings. The van der Waals surface area contributed by atoms with E-state index in [0.29, 0.717) is 12.1 Å². The predicted octanol–water partition coefficient (Wildman–Crippen LogP) is 3.41. The molecule has 0 aliphatic rings. The highest BCUT2D eigenvalue weighted by atomic mass is 16.5. The Kier molecular flexibility index (Phi) is 3.83. The first-order valence-corrected chi connectivity index (χ1v) is 7.16. The molecular formula is C18H18N2O2. The van der Waals surface area contributed by atoms with Crippen molar-refractivity contribution in [3.63, 3.8) is 0 Å². The Labute approximate surface area is 129 Å². The van der Waals surface area contributed by atoms with Crippen LogP contribution in [0.2, 0.25) is 0 Å². The van der Waals surface area contributed by atoms with Crippen LogP contribution in [0.25, 0.3) is 10.9 Å². The molecule has 22 heavy (non-hydrogen) atoms. The second-order valence-corrected chi connectivity index (χ2v) is 5.29. The van der Waals surface area contributed by atoms with E-state index in [1.165, 1.54) is 0 Å². The first kappa shape index (κ1) is 14.2. The highest BCUT2D eigenvalue weighted by molar-refractivity contribution is 5.94. The van der Waals surface area contributed by atoms with Crippen LogP contribution >= 0.6 is 0 Å². The summed E-state index contributed by atoms with van der Waals surface area (Å²) in [6.45, 7) is 2.54. The van der Waals surface area contributed by atoms with E-state index in [9.17, 15) is 4.79 Å². The number of aryl methyl sites for hydroxylation is 1. The van der Waals surface area contributed by atoms with Crippen LogP contribution in [0.3, 0.4) is 0 Å². The van der Waals surface area contributed by atoms with Gasteiger partial charge < -0.3 is 15.0 Å². The number of hydrogen-bond donors (Lipinski definition) is 2. The number of carbonyl (C=O) groups excluding carboxylic acids is 1. The number of benzene rings is 2. The average molecular weight is 294 g/mol. The molecule has 0 spiro atoms. The van der Waals surface area contributed by atoms with E-state index < -0.39 is 0 Å². The normalized spacial score (nSPS) is 10.6. The summed E-state index contributed by atoms with van der Waals surface area (Å²) < 4.78 is 5.09. The van der Waals surface area contributed by atoms with Crippen LogP contribution in [0.4, 0.5) is 0 Å². The van der Waals surface area contributed by atoms with E-state index >= 15 is 0 Å². The van der Waals surface area contributed by atoms with E-state index in [-0.39, 0.29) is 5.91 Å². The lowest BCUT2D eigenvalue weighted by molar-refractivity contribution is 0.0951. The van der Waals surface area contributed by atoms with Crippen LogP contribution < -0.4 is 10.1 Å². The number of aromatic nitrogens is 1. The number of amides is 1. The number of fused-ring (bicyclic) bond motifs is 1. The van der Waals surface area contributed by atoms with Gasteiger partial charge in [0.1, 0.15) is 5.75 Å². The second-order valence-electron chi connectivity index (χ2n) is 5.29. The predicted molar refractivity (Wildman–Crippen MR) is 87.2 cm³/mol. The fourth-order valence-corrected chi connectivity index (χ4v) is 2.46. The van der Waals surface area contributed by atoms with Crippen molar-refractivity contribution in [2.75, 3.05) is 7.11 Å². The number of methoxy groups -OCH3 is 1. The van der Waals surface area contributed by atoms with Gasteiger partial charge in [-0.2, -0.15) is 0 Å². The maximum absolute atomic E-state index is 12.1. The van der Waals surface area contributed by atoms with Gasteiger partial charge in [-0.25, -0.2) is 0 Å².